The van der Waals surface area contributed by atoms with Gasteiger partial charge in [0, 0.05) is 24.1 Å². The molecule has 0 saturated carbocycles. The normalized spacial score (nSPS) is 14.0. The smallest absolute Gasteiger partial charge is 0.330 e. The monoisotopic (exact) mass is 299 g/mol. The first-order chi connectivity index (χ1) is 10.8. The van der Waals surface area contributed by atoms with E-state index in [-0.39, 0.29) is 5.97 Å². The molecular formula is C17H17NO4. The number of carbonyl (C=O) groups excluding carboxylic acids is 1. The fourth-order valence-electron chi connectivity index (χ4n) is 2.32. The Bertz CT molecular complexity index is 724. The van der Waals surface area contributed by atoms with Crippen molar-refractivity contribution in [3.63, 3.8) is 0 Å². The molecule has 0 aliphatic carbocycles. The molecule has 0 N–H and O–H groups in total. The van der Waals surface area contributed by atoms with E-state index in [4.69, 9.17) is 14.2 Å². The third kappa shape index (κ3) is 3.03. The highest BCUT2D eigenvalue weighted by Gasteiger charge is 2.13. The second-order valence-corrected chi connectivity index (χ2v) is 4.85. The number of hydrogen-bond donors (Lipinski definition) is 0. The van der Waals surface area contributed by atoms with Crippen molar-refractivity contribution in [2.24, 2.45) is 0 Å². The standard InChI is InChI=1S/C17H17NO4/c1-2-20-17(19)5-4-14-13-11-16-15(21-8-3-9-22-16)10-12(13)6-7-18-14/h4-7,10-11H,2-3,8-9H2,1H3/b5-4+. The second-order valence-electron chi connectivity index (χ2n) is 4.85. The fraction of sp³-hybridized carbons (Fsp3) is 0.294. The maximum absolute atomic E-state index is 11.4. The van der Waals surface area contributed by atoms with E-state index in [2.05, 4.69) is 4.98 Å². The Morgan fingerprint density at radius 1 is 1.32 bits per heavy atom. The summed E-state index contributed by atoms with van der Waals surface area (Å²) in [5.74, 6) is 1.08. The van der Waals surface area contributed by atoms with Crippen LogP contribution in [0.2, 0.25) is 0 Å². The minimum absolute atomic E-state index is 0.352. The van der Waals surface area contributed by atoms with Crippen LogP contribution in [0.1, 0.15) is 19.0 Å². The van der Waals surface area contributed by atoms with Gasteiger partial charge < -0.3 is 14.2 Å². The molecule has 1 aromatic heterocycles. The van der Waals surface area contributed by atoms with Gasteiger partial charge in [-0.25, -0.2) is 4.79 Å². The largest absolute Gasteiger partial charge is 0.490 e. The number of carbonyl (C=O) groups is 1. The van der Waals surface area contributed by atoms with Crippen LogP contribution in [-0.4, -0.2) is 30.8 Å². The van der Waals surface area contributed by atoms with Crippen molar-refractivity contribution >= 4 is 22.8 Å². The van der Waals surface area contributed by atoms with Gasteiger partial charge in [-0.2, -0.15) is 0 Å². The average Bonchev–Trinajstić information content (AvgIpc) is 2.76. The number of pyridine rings is 1. The van der Waals surface area contributed by atoms with Crippen LogP contribution < -0.4 is 9.47 Å². The lowest BCUT2D eigenvalue weighted by atomic mass is 10.1. The van der Waals surface area contributed by atoms with Crippen molar-refractivity contribution in [2.45, 2.75) is 13.3 Å². The Morgan fingerprint density at radius 3 is 2.86 bits per heavy atom. The summed E-state index contributed by atoms with van der Waals surface area (Å²) in [6, 6.07) is 5.76. The summed E-state index contributed by atoms with van der Waals surface area (Å²) in [6.45, 7) is 3.41. The zero-order valence-electron chi connectivity index (χ0n) is 12.4. The molecule has 0 atom stereocenters. The molecule has 0 amide bonds. The minimum Gasteiger partial charge on any atom is -0.490 e. The first-order valence-electron chi connectivity index (χ1n) is 7.31. The summed E-state index contributed by atoms with van der Waals surface area (Å²) in [4.78, 5) is 15.8. The Labute approximate surface area is 128 Å². The molecule has 5 heteroatoms. The van der Waals surface area contributed by atoms with Gasteiger partial charge in [0.2, 0.25) is 0 Å². The van der Waals surface area contributed by atoms with Crippen molar-refractivity contribution in [3.05, 3.63) is 36.2 Å². The lowest BCUT2D eigenvalue weighted by Crippen LogP contribution is -1.99. The van der Waals surface area contributed by atoms with E-state index < -0.39 is 0 Å². The number of fused-ring (bicyclic) bond motifs is 2. The number of hydrogen-bond acceptors (Lipinski definition) is 5. The Hall–Kier alpha value is -2.56. The number of ether oxygens (including phenoxy) is 3. The highest BCUT2D eigenvalue weighted by atomic mass is 16.5. The van der Waals surface area contributed by atoms with Crippen LogP contribution in [-0.2, 0) is 9.53 Å². The molecule has 0 unspecified atom stereocenters. The Kier molecular flexibility index (Phi) is 4.23. The summed E-state index contributed by atoms with van der Waals surface area (Å²) in [5.41, 5.74) is 0.696. The molecule has 0 bridgehead atoms. The van der Waals surface area contributed by atoms with Crippen LogP contribution >= 0.6 is 0 Å². The lowest BCUT2D eigenvalue weighted by Gasteiger charge is -2.10. The van der Waals surface area contributed by atoms with Gasteiger partial charge in [0.05, 0.1) is 25.5 Å². The molecule has 2 aromatic rings. The molecule has 1 aromatic carbocycles. The van der Waals surface area contributed by atoms with E-state index in [1.165, 1.54) is 6.08 Å². The maximum Gasteiger partial charge on any atom is 0.330 e. The van der Waals surface area contributed by atoms with Gasteiger partial charge in [-0.05, 0) is 36.6 Å². The SMILES string of the molecule is CCOC(=O)/C=C/c1nccc2cc3c(cc12)OCCCO3. The predicted molar refractivity (Wildman–Crippen MR) is 83.0 cm³/mol. The molecule has 2 heterocycles. The highest BCUT2D eigenvalue weighted by Crippen LogP contribution is 2.35. The van der Waals surface area contributed by atoms with Gasteiger partial charge in [0.25, 0.3) is 0 Å². The van der Waals surface area contributed by atoms with E-state index in [1.54, 1.807) is 19.2 Å². The van der Waals surface area contributed by atoms with Crippen molar-refractivity contribution < 1.29 is 19.0 Å². The van der Waals surface area contributed by atoms with Gasteiger partial charge in [0.15, 0.2) is 11.5 Å². The molecule has 0 fully saturated rings. The van der Waals surface area contributed by atoms with Crippen molar-refractivity contribution in [3.8, 4) is 11.5 Å². The highest BCUT2D eigenvalue weighted by molar-refractivity contribution is 5.95. The van der Waals surface area contributed by atoms with E-state index in [1.807, 2.05) is 18.2 Å². The molecule has 0 saturated heterocycles. The quantitative estimate of drug-likeness (QED) is 0.644. The Morgan fingerprint density at radius 2 is 2.09 bits per heavy atom. The first-order valence-corrected chi connectivity index (χ1v) is 7.31. The zero-order valence-corrected chi connectivity index (χ0v) is 12.4. The zero-order chi connectivity index (χ0) is 15.4. The van der Waals surface area contributed by atoms with E-state index in [9.17, 15) is 4.79 Å². The molecule has 22 heavy (non-hydrogen) atoms. The lowest BCUT2D eigenvalue weighted by molar-refractivity contribution is -0.137. The van der Waals surface area contributed by atoms with Crippen LogP contribution in [0.4, 0.5) is 0 Å². The third-order valence-electron chi connectivity index (χ3n) is 3.33. The number of rotatable bonds is 3. The van der Waals surface area contributed by atoms with E-state index in [0.29, 0.717) is 31.3 Å². The van der Waals surface area contributed by atoms with Crippen LogP contribution in [0.15, 0.2) is 30.5 Å². The predicted octanol–water partition coefficient (Wildman–Crippen LogP) is 2.97. The van der Waals surface area contributed by atoms with Crippen LogP contribution in [0.25, 0.3) is 16.8 Å². The van der Waals surface area contributed by atoms with Gasteiger partial charge >= 0.3 is 5.97 Å². The third-order valence-corrected chi connectivity index (χ3v) is 3.33. The number of esters is 1. The molecule has 0 spiro atoms. The fourth-order valence-corrected chi connectivity index (χ4v) is 2.32. The van der Waals surface area contributed by atoms with Crippen molar-refractivity contribution in [1.29, 1.82) is 0 Å². The Balaban J connectivity index is 2.00. The van der Waals surface area contributed by atoms with Crippen LogP contribution in [0.3, 0.4) is 0 Å². The molecule has 114 valence electrons. The maximum atomic E-state index is 11.4. The average molecular weight is 299 g/mol. The summed E-state index contributed by atoms with van der Waals surface area (Å²) in [5, 5.41) is 1.90. The molecule has 1 aliphatic rings. The number of benzene rings is 1. The van der Waals surface area contributed by atoms with E-state index >= 15 is 0 Å². The minimum atomic E-state index is -0.379. The van der Waals surface area contributed by atoms with E-state index in [0.717, 1.165) is 22.9 Å². The molecule has 0 radical (unpaired) electrons. The van der Waals surface area contributed by atoms with Crippen LogP contribution in [0, 0.1) is 0 Å². The summed E-state index contributed by atoms with van der Waals surface area (Å²) in [7, 11) is 0. The summed E-state index contributed by atoms with van der Waals surface area (Å²) in [6.07, 6.45) is 5.61. The van der Waals surface area contributed by atoms with Gasteiger partial charge in [0.1, 0.15) is 0 Å². The number of aromatic nitrogens is 1. The van der Waals surface area contributed by atoms with Gasteiger partial charge in [-0.15, -0.1) is 0 Å². The topological polar surface area (TPSA) is 57.7 Å². The molecular weight excluding hydrogens is 282 g/mol. The molecule has 3 rings (SSSR count). The first kappa shape index (κ1) is 14.4. The van der Waals surface area contributed by atoms with Gasteiger partial charge in [-0.1, -0.05) is 0 Å². The molecule has 1 aliphatic heterocycles. The molecule has 5 nitrogen and oxygen atoms in total. The summed E-state index contributed by atoms with van der Waals surface area (Å²) < 4.78 is 16.3. The van der Waals surface area contributed by atoms with Crippen LogP contribution in [0.5, 0.6) is 11.5 Å². The van der Waals surface area contributed by atoms with Crippen molar-refractivity contribution in [1.82, 2.24) is 4.98 Å². The van der Waals surface area contributed by atoms with Gasteiger partial charge in [-0.3, -0.25) is 4.98 Å². The number of nitrogens with zero attached hydrogens (tertiary/aromatic N) is 1. The van der Waals surface area contributed by atoms with Crippen molar-refractivity contribution in [2.75, 3.05) is 19.8 Å². The summed E-state index contributed by atoms with van der Waals surface area (Å²) >= 11 is 0. The second kappa shape index (κ2) is 6.47.